The fourth-order valence-electron chi connectivity index (χ4n) is 4.00. The summed E-state index contributed by atoms with van der Waals surface area (Å²) < 4.78 is 27.8. The average molecular weight is 482 g/mol. The van der Waals surface area contributed by atoms with Gasteiger partial charge in [-0.15, -0.1) is 0 Å². The van der Waals surface area contributed by atoms with Crippen molar-refractivity contribution < 1.29 is 18.0 Å². The van der Waals surface area contributed by atoms with Crippen LogP contribution in [0.5, 0.6) is 0 Å². The highest BCUT2D eigenvalue weighted by Gasteiger charge is 2.34. The van der Waals surface area contributed by atoms with Gasteiger partial charge in [0.25, 0.3) is 11.8 Å². The molecule has 2 N–H and O–H groups in total. The van der Waals surface area contributed by atoms with Gasteiger partial charge in [0, 0.05) is 44.0 Å². The Hall–Kier alpha value is -3.77. The monoisotopic (exact) mass is 481 g/mol. The van der Waals surface area contributed by atoms with Crippen LogP contribution in [0, 0.1) is 6.92 Å². The number of hydrogen-bond donors (Lipinski definition) is 2. The smallest absolute Gasteiger partial charge is 0.290 e. The van der Waals surface area contributed by atoms with Gasteiger partial charge in [-0.3, -0.25) is 20.0 Å². The lowest BCUT2D eigenvalue weighted by Gasteiger charge is -2.35. The Bertz CT molecular complexity index is 1390. The number of benzene rings is 1. The molecule has 4 heterocycles. The number of nitrogens with one attached hydrogen (secondary N) is 2. The second-order valence-corrected chi connectivity index (χ2v) is 10.00. The van der Waals surface area contributed by atoms with Gasteiger partial charge in [0.15, 0.2) is 0 Å². The summed E-state index contributed by atoms with van der Waals surface area (Å²) in [5.41, 5.74) is 4.99. The maximum Gasteiger partial charge on any atom is 0.290 e. The largest absolute Gasteiger partial charge is 0.345 e. The lowest BCUT2D eigenvalue weighted by Crippen LogP contribution is -2.59. The fourth-order valence-corrected chi connectivity index (χ4v) is 5.58. The molecule has 1 aromatic carbocycles. The first-order valence-electron chi connectivity index (χ1n) is 10.8. The zero-order valence-corrected chi connectivity index (χ0v) is 19.2. The minimum atomic E-state index is -3.75. The second-order valence-electron chi connectivity index (χ2n) is 8.09. The molecule has 11 nitrogen and oxygen atoms in total. The predicted molar refractivity (Wildman–Crippen MR) is 126 cm³/mol. The van der Waals surface area contributed by atoms with Crippen LogP contribution in [0.25, 0.3) is 11.0 Å². The topological polar surface area (TPSA) is 131 Å². The molecule has 0 spiro atoms. The number of hydrazine groups is 1. The minimum Gasteiger partial charge on any atom is -0.345 e. The van der Waals surface area contributed by atoms with Crippen molar-refractivity contribution in [2.24, 2.45) is 4.99 Å². The molecule has 2 aliphatic rings. The molecule has 0 radical (unpaired) electrons. The lowest BCUT2D eigenvalue weighted by molar-refractivity contribution is -0.125. The highest BCUT2D eigenvalue weighted by molar-refractivity contribution is 7.89. The third-order valence-electron chi connectivity index (χ3n) is 5.89. The quantitative estimate of drug-likeness (QED) is 0.563. The summed E-state index contributed by atoms with van der Waals surface area (Å²) in [6, 6.07) is 10.7. The van der Waals surface area contributed by atoms with Gasteiger partial charge >= 0.3 is 0 Å². The van der Waals surface area contributed by atoms with E-state index in [-0.39, 0.29) is 55.3 Å². The number of aromatic nitrogens is 2. The SMILES string of the molecule is Cc1ccc(N2NC(C(=O)N3CCN(S(=O)(=O)c4c[nH]c5ncccc45)CC3)=NCC2=O)cc1. The number of hydrogen-bond acceptors (Lipinski definition) is 7. The maximum absolute atomic E-state index is 13.2. The molecule has 12 heteroatoms. The van der Waals surface area contributed by atoms with E-state index in [1.165, 1.54) is 20.4 Å². The first-order chi connectivity index (χ1) is 16.3. The van der Waals surface area contributed by atoms with Crippen molar-refractivity contribution in [2.45, 2.75) is 11.8 Å². The third kappa shape index (κ3) is 3.90. The van der Waals surface area contributed by atoms with Crippen LogP contribution >= 0.6 is 0 Å². The van der Waals surface area contributed by atoms with Gasteiger partial charge in [0.2, 0.25) is 15.9 Å². The van der Waals surface area contributed by atoms with Crippen molar-refractivity contribution in [1.82, 2.24) is 24.6 Å². The summed E-state index contributed by atoms with van der Waals surface area (Å²) >= 11 is 0. The number of nitrogens with zero attached hydrogens (tertiary/aromatic N) is 5. The Morgan fingerprint density at radius 2 is 1.79 bits per heavy atom. The molecule has 3 aromatic rings. The highest BCUT2D eigenvalue weighted by Crippen LogP contribution is 2.25. The normalized spacial score (nSPS) is 17.6. The predicted octanol–water partition coefficient (Wildman–Crippen LogP) is 0.654. The standard InChI is InChI=1S/C22H23N7O4S/c1-15-4-6-16(7-5-15)29-19(30)14-25-21(26-29)22(31)27-9-11-28(12-10-27)34(32,33)18-13-24-20-17(18)3-2-8-23-20/h2-8,13H,9-12,14H2,1H3,(H,23,24)(H,25,26). The summed E-state index contributed by atoms with van der Waals surface area (Å²) in [6.45, 7) is 2.51. The van der Waals surface area contributed by atoms with Crippen LogP contribution in [-0.2, 0) is 19.6 Å². The van der Waals surface area contributed by atoms with Gasteiger partial charge in [-0.05, 0) is 31.2 Å². The summed E-state index contributed by atoms with van der Waals surface area (Å²) in [6.07, 6.45) is 3.04. The van der Waals surface area contributed by atoms with Crippen LogP contribution in [0.15, 0.2) is 58.7 Å². The first kappa shape index (κ1) is 22.0. The summed E-state index contributed by atoms with van der Waals surface area (Å²) in [5, 5.41) is 1.84. The van der Waals surface area contributed by atoms with Crippen molar-refractivity contribution in [3.05, 3.63) is 54.4 Å². The molecular weight excluding hydrogens is 458 g/mol. The fraction of sp³-hybridized carbons (Fsp3) is 0.273. The molecule has 2 aromatic heterocycles. The van der Waals surface area contributed by atoms with E-state index in [0.29, 0.717) is 16.7 Å². The van der Waals surface area contributed by atoms with E-state index in [9.17, 15) is 18.0 Å². The summed E-state index contributed by atoms with van der Waals surface area (Å²) in [7, 11) is -3.75. The van der Waals surface area contributed by atoms with Crippen LogP contribution in [0.4, 0.5) is 5.69 Å². The van der Waals surface area contributed by atoms with Gasteiger partial charge in [0.1, 0.15) is 17.1 Å². The molecule has 176 valence electrons. The Kier molecular flexibility index (Phi) is 5.54. The number of aromatic amines is 1. The number of fused-ring (bicyclic) bond motifs is 1. The van der Waals surface area contributed by atoms with Crippen molar-refractivity contribution in [3.8, 4) is 0 Å². The first-order valence-corrected chi connectivity index (χ1v) is 12.2. The number of anilines is 1. The molecule has 1 saturated heterocycles. The molecule has 0 unspecified atom stereocenters. The van der Waals surface area contributed by atoms with Gasteiger partial charge in [0.05, 0.1) is 5.69 Å². The van der Waals surface area contributed by atoms with Crippen molar-refractivity contribution in [2.75, 3.05) is 37.7 Å². The van der Waals surface area contributed by atoms with Crippen LogP contribution in [-0.4, -0.2) is 78.0 Å². The number of carbonyl (C=O) groups is 2. The minimum absolute atomic E-state index is 0.0548. The lowest BCUT2D eigenvalue weighted by atomic mass is 10.2. The zero-order chi connectivity index (χ0) is 23.9. The number of pyridine rings is 1. The van der Waals surface area contributed by atoms with Gasteiger partial charge < -0.3 is 9.88 Å². The average Bonchev–Trinajstić information content (AvgIpc) is 3.30. The van der Waals surface area contributed by atoms with Crippen LogP contribution in [0.1, 0.15) is 5.56 Å². The Morgan fingerprint density at radius 1 is 1.06 bits per heavy atom. The van der Waals surface area contributed by atoms with Crippen LogP contribution in [0.2, 0.25) is 0 Å². The number of amidine groups is 1. The van der Waals surface area contributed by atoms with Gasteiger partial charge in [-0.2, -0.15) is 4.31 Å². The van der Waals surface area contributed by atoms with Crippen molar-refractivity contribution >= 4 is 44.4 Å². The molecule has 0 aliphatic carbocycles. The number of aryl methyl sites for hydroxylation is 1. The van der Waals surface area contributed by atoms with E-state index in [2.05, 4.69) is 20.4 Å². The molecule has 0 atom stereocenters. The highest BCUT2D eigenvalue weighted by atomic mass is 32.2. The number of sulfonamides is 1. The number of carbonyl (C=O) groups excluding carboxylic acids is 2. The second kappa shape index (κ2) is 8.54. The maximum atomic E-state index is 13.2. The molecule has 2 aliphatic heterocycles. The van der Waals surface area contributed by atoms with E-state index < -0.39 is 10.0 Å². The van der Waals surface area contributed by atoms with E-state index in [4.69, 9.17) is 0 Å². The van der Waals surface area contributed by atoms with Crippen LogP contribution < -0.4 is 10.4 Å². The Labute approximate surface area is 196 Å². The van der Waals surface area contributed by atoms with E-state index in [1.54, 1.807) is 30.5 Å². The molecule has 0 bridgehead atoms. The summed E-state index contributed by atoms with van der Waals surface area (Å²) in [5.74, 6) is -0.596. The molecule has 1 fully saturated rings. The third-order valence-corrected chi connectivity index (χ3v) is 7.83. The molecule has 34 heavy (non-hydrogen) atoms. The Balaban J connectivity index is 1.27. The number of aliphatic imine (C=N–C) groups is 1. The number of rotatable bonds is 4. The molecular formula is C22H23N7O4S. The Morgan fingerprint density at radius 3 is 2.53 bits per heavy atom. The van der Waals surface area contributed by atoms with Crippen molar-refractivity contribution in [1.29, 1.82) is 0 Å². The molecule has 5 rings (SSSR count). The van der Waals surface area contributed by atoms with Crippen molar-refractivity contribution in [3.63, 3.8) is 0 Å². The van der Waals surface area contributed by atoms with Gasteiger partial charge in [-0.1, -0.05) is 17.7 Å². The van der Waals surface area contributed by atoms with E-state index in [0.717, 1.165) is 5.56 Å². The molecule has 0 saturated carbocycles. The number of piperazine rings is 1. The zero-order valence-electron chi connectivity index (χ0n) is 18.4. The van der Waals surface area contributed by atoms with E-state index >= 15 is 0 Å². The molecule has 2 amide bonds. The van der Waals surface area contributed by atoms with Crippen LogP contribution in [0.3, 0.4) is 0 Å². The number of amides is 2. The number of H-pyrrole nitrogens is 1. The van der Waals surface area contributed by atoms with E-state index in [1.807, 2.05) is 19.1 Å². The summed E-state index contributed by atoms with van der Waals surface area (Å²) in [4.78, 5) is 38.2. The van der Waals surface area contributed by atoms with Gasteiger partial charge in [-0.25, -0.2) is 18.4 Å².